The second-order valence-corrected chi connectivity index (χ2v) is 8.56. The van der Waals surface area contributed by atoms with Crippen LogP contribution in [0.25, 0.3) is 0 Å². The maximum absolute atomic E-state index is 13.2. The average Bonchev–Trinajstić information content (AvgIpc) is 2.77. The molecule has 0 fully saturated rings. The Kier molecular flexibility index (Phi) is 10.3. The van der Waals surface area contributed by atoms with E-state index in [1.165, 1.54) is 5.56 Å². The fourth-order valence-electron chi connectivity index (χ4n) is 3.18. The van der Waals surface area contributed by atoms with Gasteiger partial charge in [0.05, 0.1) is 4.47 Å². The van der Waals surface area contributed by atoms with Crippen LogP contribution in [0.2, 0.25) is 5.02 Å². The highest BCUT2D eigenvalue weighted by molar-refractivity contribution is 9.10. The zero-order chi connectivity index (χ0) is 22.8. The van der Waals surface area contributed by atoms with E-state index in [0.29, 0.717) is 30.3 Å². The van der Waals surface area contributed by atoms with Crippen LogP contribution in [0, 0.1) is 0 Å². The molecule has 0 aliphatic rings. The fraction of sp³-hybridized carbons (Fsp3) is 0.417. The molecule has 0 saturated heterocycles. The number of halogens is 2. The Morgan fingerprint density at radius 1 is 1.10 bits per heavy atom. The first-order valence-electron chi connectivity index (χ1n) is 10.6. The second-order valence-electron chi connectivity index (χ2n) is 7.27. The van der Waals surface area contributed by atoms with E-state index in [0.717, 1.165) is 22.9 Å². The number of amides is 2. The fourth-order valence-corrected chi connectivity index (χ4v) is 3.84. The molecule has 0 bridgehead atoms. The van der Waals surface area contributed by atoms with E-state index < -0.39 is 6.04 Å². The quantitative estimate of drug-likeness (QED) is 0.443. The molecule has 2 amide bonds. The van der Waals surface area contributed by atoms with Crippen molar-refractivity contribution in [1.82, 2.24) is 10.2 Å². The predicted octanol–water partition coefficient (Wildman–Crippen LogP) is 5.38. The van der Waals surface area contributed by atoms with Gasteiger partial charge in [-0.25, -0.2) is 0 Å². The third-order valence-electron chi connectivity index (χ3n) is 4.96. The van der Waals surface area contributed by atoms with E-state index in [4.69, 9.17) is 16.3 Å². The first-order chi connectivity index (χ1) is 14.9. The van der Waals surface area contributed by atoms with Crippen molar-refractivity contribution in [3.63, 3.8) is 0 Å². The molecule has 1 N–H and O–H groups in total. The second kappa shape index (κ2) is 12.7. The Labute approximate surface area is 198 Å². The summed E-state index contributed by atoms with van der Waals surface area (Å²) in [5, 5.41) is 3.53. The van der Waals surface area contributed by atoms with Crippen molar-refractivity contribution in [2.45, 2.75) is 52.6 Å². The molecule has 0 heterocycles. The normalized spacial score (nSPS) is 11.6. The molecule has 2 rings (SSSR count). The van der Waals surface area contributed by atoms with Crippen molar-refractivity contribution in [3.8, 4) is 5.75 Å². The Morgan fingerprint density at radius 3 is 2.35 bits per heavy atom. The first-order valence-corrected chi connectivity index (χ1v) is 11.8. The molecule has 31 heavy (non-hydrogen) atoms. The van der Waals surface area contributed by atoms with Gasteiger partial charge in [0.2, 0.25) is 5.91 Å². The van der Waals surface area contributed by atoms with Crippen LogP contribution in [0.4, 0.5) is 0 Å². The number of rotatable bonds is 11. The van der Waals surface area contributed by atoms with Gasteiger partial charge in [0.15, 0.2) is 6.61 Å². The lowest BCUT2D eigenvalue weighted by Crippen LogP contribution is -2.50. The molecule has 2 aromatic carbocycles. The number of carbonyl (C=O) groups is 2. The molecule has 0 aromatic heterocycles. The molecule has 0 aliphatic heterocycles. The van der Waals surface area contributed by atoms with Crippen molar-refractivity contribution in [3.05, 3.63) is 63.1 Å². The molecular weight excluding hydrogens is 480 g/mol. The number of hydrogen-bond acceptors (Lipinski definition) is 3. The summed E-state index contributed by atoms with van der Waals surface area (Å²) in [6, 6.07) is 12.5. The van der Waals surface area contributed by atoms with Gasteiger partial charge in [-0.1, -0.05) is 50.6 Å². The number of ether oxygens (including phenoxy) is 1. The van der Waals surface area contributed by atoms with E-state index in [2.05, 4.69) is 28.2 Å². The Balaban J connectivity index is 2.19. The van der Waals surface area contributed by atoms with Gasteiger partial charge in [0, 0.05) is 18.1 Å². The monoisotopic (exact) mass is 508 g/mol. The molecule has 0 radical (unpaired) electrons. The third kappa shape index (κ3) is 7.54. The minimum Gasteiger partial charge on any atom is -0.483 e. The SMILES string of the molecule is CCCNC(=O)C(CC)N(Cc1ccc(Cl)cc1)C(=O)COc1ccc(CC)cc1Br. The predicted molar refractivity (Wildman–Crippen MR) is 128 cm³/mol. The highest BCUT2D eigenvalue weighted by atomic mass is 79.9. The lowest BCUT2D eigenvalue weighted by Gasteiger charge is -2.30. The van der Waals surface area contributed by atoms with Gasteiger partial charge in [-0.2, -0.15) is 0 Å². The molecule has 0 saturated carbocycles. The van der Waals surface area contributed by atoms with E-state index in [1.54, 1.807) is 17.0 Å². The molecule has 7 heteroatoms. The maximum atomic E-state index is 13.2. The van der Waals surface area contributed by atoms with Gasteiger partial charge in [-0.3, -0.25) is 9.59 Å². The maximum Gasteiger partial charge on any atom is 0.261 e. The van der Waals surface area contributed by atoms with Gasteiger partial charge in [0.1, 0.15) is 11.8 Å². The van der Waals surface area contributed by atoms with Crippen LogP contribution in [0.1, 0.15) is 44.7 Å². The zero-order valence-corrected chi connectivity index (χ0v) is 20.6. The van der Waals surface area contributed by atoms with Crippen LogP contribution in [0.15, 0.2) is 46.9 Å². The molecule has 0 aliphatic carbocycles. The van der Waals surface area contributed by atoms with Crippen molar-refractivity contribution < 1.29 is 14.3 Å². The van der Waals surface area contributed by atoms with E-state index >= 15 is 0 Å². The van der Waals surface area contributed by atoms with Crippen LogP contribution in [-0.2, 0) is 22.6 Å². The van der Waals surface area contributed by atoms with Crippen LogP contribution >= 0.6 is 27.5 Å². The zero-order valence-electron chi connectivity index (χ0n) is 18.3. The highest BCUT2D eigenvalue weighted by Gasteiger charge is 2.28. The van der Waals surface area contributed by atoms with Gasteiger partial charge in [0.25, 0.3) is 5.91 Å². The van der Waals surface area contributed by atoms with Gasteiger partial charge < -0.3 is 15.0 Å². The minimum absolute atomic E-state index is 0.153. The average molecular weight is 510 g/mol. The van der Waals surface area contributed by atoms with E-state index in [1.807, 2.05) is 44.2 Å². The van der Waals surface area contributed by atoms with Gasteiger partial charge in [-0.05, 0) is 70.6 Å². The summed E-state index contributed by atoms with van der Waals surface area (Å²) in [7, 11) is 0. The number of carbonyl (C=O) groups excluding carboxylic acids is 2. The summed E-state index contributed by atoms with van der Waals surface area (Å²) < 4.78 is 6.60. The molecule has 0 spiro atoms. The van der Waals surface area contributed by atoms with Crippen LogP contribution in [0.3, 0.4) is 0 Å². The summed E-state index contributed by atoms with van der Waals surface area (Å²) in [6.07, 6.45) is 2.25. The smallest absolute Gasteiger partial charge is 0.261 e. The van der Waals surface area contributed by atoms with Crippen LogP contribution in [-0.4, -0.2) is 35.9 Å². The topological polar surface area (TPSA) is 58.6 Å². The minimum atomic E-state index is -0.579. The van der Waals surface area contributed by atoms with Crippen molar-refractivity contribution in [2.24, 2.45) is 0 Å². The lowest BCUT2D eigenvalue weighted by atomic mass is 10.1. The molecular formula is C24H30BrClN2O3. The molecule has 1 atom stereocenters. The number of benzene rings is 2. The lowest BCUT2D eigenvalue weighted by molar-refractivity contribution is -0.143. The summed E-state index contributed by atoms with van der Waals surface area (Å²) in [4.78, 5) is 27.5. The summed E-state index contributed by atoms with van der Waals surface area (Å²) >= 11 is 9.50. The highest BCUT2D eigenvalue weighted by Crippen LogP contribution is 2.26. The molecule has 5 nitrogen and oxygen atoms in total. The van der Waals surface area contributed by atoms with Crippen molar-refractivity contribution in [1.29, 1.82) is 0 Å². The Bertz CT molecular complexity index is 874. The number of aryl methyl sites for hydroxylation is 1. The molecule has 168 valence electrons. The Morgan fingerprint density at radius 2 is 1.77 bits per heavy atom. The standard InChI is InChI=1S/C24H30BrClN2O3/c1-4-13-27-24(30)21(6-3)28(15-18-7-10-19(26)11-8-18)23(29)16-31-22-12-9-17(5-2)14-20(22)25/h7-12,14,21H,4-6,13,15-16H2,1-3H3,(H,27,30). The molecule has 1 unspecified atom stereocenters. The third-order valence-corrected chi connectivity index (χ3v) is 5.83. The van der Waals surface area contributed by atoms with Crippen molar-refractivity contribution in [2.75, 3.05) is 13.2 Å². The summed E-state index contributed by atoms with van der Waals surface area (Å²) in [6.45, 7) is 6.69. The number of nitrogens with one attached hydrogen (secondary N) is 1. The van der Waals surface area contributed by atoms with E-state index in [-0.39, 0.29) is 18.4 Å². The van der Waals surface area contributed by atoms with Gasteiger partial charge >= 0.3 is 0 Å². The van der Waals surface area contributed by atoms with Crippen LogP contribution in [0.5, 0.6) is 5.75 Å². The number of nitrogens with zero attached hydrogens (tertiary/aromatic N) is 1. The van der Waals surface area contributed by atoms with Gasteiger partial charge in [-0.15, -0.1) is 0 Å². The van der Waals surface area contributed by atoms with Crippen LogP contribution < -0.4 is 10.1 Å². The Hall–Kier alpha value is -2.05. The summed E-state index contributed by atoms with van der Waals surface area (Å²) in [5.41, 5.74) is 2.07. The largest absolute Gasteiger partial charge is 0.483 e. The first kappa shape index (κ1) is 25.2. The molecule has 2 aromatic rings. The number of hydrogen-bond donors (Lipinski definition) is 1. The van der Waals surface area contributed by atoms with E-state index in [9.17, 15) is 9.59 Å². The summed E-state index contributed by atoms with van der Waals surface area (Å²) in [5.74, 6) is 0.195. The van der Waals surface area contributed by atoms with Crippen molar-refractivity contribution >= 4 is 39.3 Å².